The Kier molecular flexibility index (Phi) is 4.53. The van der Waals surface area contributed by atoms with Crippen LogP contribution in [0.4, 0.5) is 0 Å². The predicted molar refractivity (Wildman–Crippen MR) is 81.2 cm³/mol. The molecule has 0 spiro atoms. The second-order valence-corrected chi connectivity index (χ2v) is 5.31. The van der Waals surface area contributed by atoms with Crippen molar-refractivity contribution in [1.82, 2.24) is 5.32 Å². The van der Waals surface area contributed by atoms with Gasteiger partial charge in [0, 0.05) is 17.1 Å². The monoisotopic (exact) mass is 291 g/mol. The molecular weight excluding hydrogens is 274 g/mol. The molecule has 0 bridgehead atoms. The number of benzene rings is 2. The fourth-order valence-corrected chi connectivity index (χ4v) is 2.42. The third-order valence-electron chi connectivity index (χ3n) is 3.36. The molecule has 0 saturated heterocycles. The number of rotatable bonds is 4. The second-order valence-electron chi connectivity index (χ2n) is 4.87. The maximum Gasteiger partial charge on any atom is 0.124 e. The lowest BCUT2D eigenvalue weighted by Crippen LogP contribution is -2.22. The van der Waals surface area contributed by atoms with Gasteiger partial charge in [0.2, 0.25) is 0 Å². The molecule has 2 aromatic rings. The number of hydrogen-bond acceptors (Lipinski definition) is 3. The largest absolute Gasteiger partial charge is 0.507 e. The molecule has 0 heterocycles. The molecule has 3 nitrogen and oxygen atoms in total. The summed E-state index contributed by atoms with van der Waals surface area (Å²) in [6.45, 7) is 3.93. The lowest BCUT2D eigenvalue weighted by atomic mass is 10.0. The molecule has 0 aliphatic carbocycles. The first kappa shape index (κ1) is 14.7. The van der Waals surface area contributed by atoms with Crippen molar-refractivity contribution in [2.45, 2.75) is 25.9 Å². The predicted octanol–water partition coefficient (Wildman–Crippen LogP) is 4.16. The highest BCUT2D eigenvalue weighted by Gasteiger charge is 2.17. The molecule has 106 valence electrons. The van der Waals surface area contributed by atoms with Crippen LogP contribution in [0, 0.1) is 0 Å². The van der Waals surface area contributed by atoms with Gasteiger partial charge < -0.3 is 15.5 Å². The highest BCUT2D eigenvalue weighted by Crippen LogP contribution is 2.33. The molecule has 4 heteroatoms. The van der Waals surface area contributed by atoms with E-state index in [2.05, 4.69) is 5.32 Å². The molecule has 3 N–H and O–H groups in total. The Morgan fingerprint density at radius 3 is 2.00 bits per heavy atom. The zero-order valence-corrected chi connectivity index (χ0v) is 12.2. The van der Waals surface area contributed by atoms with Crippen LogP contribution in [0.1, 0.15) is 37.1 Å². The Morgan fingerprint density at radius 1 is 0.900 bits per heavy atom. The highest BCUT2D eigenvalue weighted by molar-refractivity contribution is 6.30. The summed E-state index contributed by atoms with van der Waals surface area (Å²) in [5, 5.41) is 23.8. The van der Waals surface area contributed by atoms with Gasteiger partial charge in [-0.05, 0) is 43.7 Å². The maximum atomic E-state index is 9.86. The Balaban J connectivity index is 2.15. The molecule has 0 aliphatic rings. The summed E-state index contributed by atoms with van der Waals surface area (Å²) in [6.07, 6.45) is 0. The van der Waals surface area contributed by atoms with Gasteiger partial charge in [-0.1, -0.05) is 29.8 Å². The topological polar surface area (TPSA) is 52.5 Å². The second kappa shape index (κ2) is 6.16. The van der Waals surface area contributed by atoms with Crippen molar-refractivity contribution >= 4 is 11.6 Å². The van der Waals surface area contributed by atoms with Crippen molar-refractivity contribution in [3.63, 3.8) is 0 Å². The van der Waals surface area contributed by atoms with Crippen LogP contribution < -0.4 is 5.32 Å². The number of halogens is 1. The fraction of sp³-hybridized carbons (Fsp3) is 0.250. The molecule has 0 amide bonds. The van der Waals surface area contributed by atoms with E-state index in [1.165, 1.54) is 0 Å². The summed E-state index contributed by atoms with van der Waals surface area (Å²) in [7, 11) is 0. The van der Waals surface area contributed by atoms with Crippen LogP contribution >= 0.6 is 11.6 Å². The number of phenolic OH excluding ortho intramolecular Hbond substituents is 2. The van der Waals surface area contributed by atoms with Gasteiger partial charge in [-0.15, -0.1) is 0 Å². The van der Waals surface area contributed by atoms with Crippen molar-refractivity contribution in [3.8, 4) is 11.5 Å². The normalized spacial score (nSPS) is 13.9. The van der Waals surface area contributed by atoms with E-state index in [4.69, 9.17) is 11.6 Å². The molecule has 0 aliphatic heterocycles. The summed E-state index contributed by atoms with van der Waals surface area (Å²) in [5.74, 6) is 0.182. The molecule has 2 atom stereocenters. The SMILES string of the molecule is CC(NC(C)c1c(O)cccc1O)c1ccc(Cl)cc1. The smallest absolute Gasteiger partial charge is 0.124 e. The first-order valence-electron chi connectivity index (χ1n) is 6.51. The third-order valence-corrected chi connectivity index (χ3v) is 3.62. The molecule has 20 heavy (non-hydrogen) atoms. The first-order valence-corrected chi connectivity index (χ1v) is 6.89. The Labute approximate surface area is 123 Å². The Morgan fingerprint density at radius 2 is 1.45 bits per heavy atom. The van der Waals surface area contributed by atoms with Crippen LogP contribution in [-0.4, -0.2) is 10.2 Å². The molecule has 0 fully saturated rings. The van der Waals surface area contributed by atoms with Gasteiger partial charge in [0.1, 0.15) is 11.5 Å². The number of hydrogen-bond donors (Lipinski definition) is 3. The van der Waals surface area contributed by atoms with Crippen LogP contribution in [0.25, 0.3) is 0 Å². The summed E-state index contributed by atoms with van der Waals surface area (Å²) >= 11 is 5.87. The van der Waals surface area contributed by atoms with Crippen molar-refractivity contribution in [1.29, 1.82) is 0 Å². The van der Waals surface area contributed by atoms with Gasteiger partial charge in [0.05, 0.1) is 5.56 Å². The molecule has 0 saturated carbocycles. The van der Waals surface area contributed by atoms with E-state index in [1.54, 1.807) is 18.2 Å². The minimum absolute atomic E-state index is 0.0706. The molecular formula is C16H18ClNO2. The van der Waals surface area contributed by atoms with Gasteiger partial charge in [-0.25, -0.2) is 0 Å². The van der Waals surface area contributed by atoms with E-state index in [1.807, 2.05) is 38.1 Å². The average molecular weight is 292 g/mol. The summed E-state index contributed by atoms with van der Waals surface area (Å²) in [4.78, 5) is 0. The van der Waals surface area contributed by atoms with E-state index in [-0.39, 0.29) is 23.6 Å². The number of aromatic hydroxyl groups is 2. The van der Waals surface area contributed by atoms with Crippen molar-refractivity contribution in [2.75, 3.05) is 0 Å². The number of phenols is 2. The van der Waals surface area contributed by atoms with Crippen LogP contribution in [0.15, 0.2) is 42.5 Å². The molecule has 2 aromatic carbocycles. The Bertz CT molecular complexity index is 563. The quantitative estimate of drug-likeness (QED) is 0.793. The summed E-state index contributed by atoms with van der Waals surface area (Å²) < 4.78 is 0. The molecule has 2 unspecified atom stereocenters. The van der Waals surface area contributed by atoms with Crippen LogP contribution in [0.2, 0.25) is 5.02 Å². The van der Waals surface area contributed by atoms with Crippen molar-refractivity contribution in [2.24, 2.45) is 0 Å². The van der Waals surface area contributed by atoms with E-state index >= 15 is 0 Å². The zero-order valence-electron chi connectivity index (χ0n) is 11.5. The van der Waals surface area contributed by atoms with Gasteiger partial charge in [-0.2, -0.15) is 0 Å². The molecule has 0 aromatic heterocycles. The fourth-order valence-electron chi connectivity index (χ4n) is 2.29. The van der Waals surface area contributed by atoms with Gasteiger partial charge in [0.25, 0.3) is 0 Å². The lowest BCUT2D eigenvalue weighted by Gasteiger charge is -2.22. The van der Waals surface area contributed by atoms with Crippen molar-refractivity contribution in [3.05, 3.63) is 58.6 Å². The molecule has 0 radical (unpaired) electrons. The van der Waals surface area contributed by atoms with Gasteiger partial charge in [-0.3, -0.25) is 0 Å². The van der Waals surface area contributed by atoms with E-state index in [0.717, 1.165) is 5.56 Å². The zero-order chi connectivity index (χ0) is 14.7. The average Bonchev–Trinajstić information content (AvgIpc) is 2.39. The summed E-state index contributed by atoms with van der Waals surface area (Å²) in [5.41, 5.74) is 1.60. The van der Waals surface area contributed by atoms with Gasteiger partial charge in [0.15, 0.2) is 0 Å². The standard InChI is InChI=1S/C16H18ClNO2/c1-10(12-6-8-13(17)9-7-12)18-11(2)16-14(19)4-3-5-15(16)20/h3-11,18-20H,1-2H3. The van der Waals surface area contributed by atoms with E-state index in [9.17, 15) is 10.2 Å². The minimum atomic E-state index is -0.179. The van der Waals surface area contributed by atoms with Gasteiger partial charge >= 0.3 is 0 Å². The van der Waals surface area contributed by atoms with Crippen LogP contribution in [0.5, 0.6) is 11.5 Å². The van der Waals surface area contributed by atoms with E-state index < -0.39 is 0 Å². The number of nitrogens with one attached hydrogen (secondary N) is 1. The molecule has 2 rings (SSSR count). The third kappa shape index (κ3) is 3.24. The van der Waals surface area contributed by atoms with Crippen LogP contribution in [0.3, 0.4) is 0 Å². The van der Waals surface area contributed by atoms with Crippen LogP contribution in [-0.2, 0) is 0 Å². The van der Waals surface area contributed by atoms with Crippen molar-refractivity contribution < 1.29 is 10.2 Å². The highest BCUT2D eigenvalue weighted by atomic mass is 35.5. The summed E-state index contributed by atoms with van der Waals surface area (Å²) in [6, 6.07) is 12.2. The lowest BCUT2D eigenvalue weighted by molar-refractivity contribution is 0.407. The first-order chi connectivity index (χ1) is 9.49. The maximum absolute atomic E-state index is 9.86. The van der Waals surface area contributed by atoms with E-state index in [0.29, 0.717) is 10.6 Å². The Hall–Kier alpha value is -1.71. The minimum Gasteiger partial charge on any atom is -0.507 e.